The number of unbranched alkanes of at least 4 members (excludes halogenated alkanes) is 1. The third-order valence-corrected chi connectivity index (χ3v) is 5.20. The van der Waals surface area contributed by atoms with E-state index in [1.807, 2.05) is 55.5 Å². The molecule has 29 heavy (non-hydrogen) atoms. The summed E-state index contributed by atoms with van der Waals surface area (Å²) in [6.45, 7) is 4.95. The molecule has 0 fully saturated rings. The summed E-state index contributed by atoms with van der Waals surface area (Å²) in [7, 11) is 3.07. The highest BCUT2D eigenvalue weighted by molar-refractivity contribution is 6.18. The highest BCUT2D eigenvalue weighted by Crippen LogP contribution is 2.41. The zero-order valence-corrected chi connectivity index (χ0v) is 17.5. The molecule has 1 heterocycles. The van der Waals surface area contributed by atoms with Gasteiger partial charge in [-0.1, -0.05) is 43.4 Å². The molecule has 2 aromatic carbocycles. The SMILES string of the molecule is CCCCN1C(C)=C(C(=O)OC)c2ccc(OC)cc2C1C#Cc1ccccc1. The Morgan fingerprint density at radius 1 is 1.14 bits per heavy atom. The third-order valence-electron chi connectivity index (χ3n) is 5.20. The summed E-state index contributed by atoms with van der Waals surface area (Å²) in [5.74, 6) is 7.17. The van der Waals surface area contributed by atoms with Gasteiger partial charge in [-0.25, -0.2) is 4.79 Å². The molecule has 0 saturated heterocycles. The first-order valence-corrected chi connectivity index (χ1v) is 9.91. The maximum absolute atomic E-state index is 12.6. The number of rotatable bonds is 5. The second kappa shape index (κ2) is 9.34. The number of benzene rings is 2. The lowest BCUT2D eigenvalue weighted by Gasteiger charge is -2.38. The van der Waals surface area contributed by atoms with Crippen molar-refractivity contribution >= 4 is 11.5 Å². The molecule has 1 unspecified atom stereocenters. The van der Waals surface area contributed by atoms with Gasteiger partial charge in [0, 0.05) is 17.8 Å². The Morgan fingerprint density at radius 3 is 2.55 bits per heavy atom. The van der Waals surface area contributed by atoms with Crippen molar-refractivity contribution < 1.29 is 14.3 Å². The molecule has 0 aliphatic carbocycles. The zero-order chi connectivity index (χ0) is 20.8. The molecule has 0 radical (unpaired) electrons. The number of hydrogen-bond donors (Lipinski definition) is 0. The number of allylic oxidation sites excluding steroid dienone is 1. The molecule has 4 nitrogen and oxygen atoms in total. The van der Waals surface area contributed by atoms with Gasteiger partial charge >= 0.3 is 5.97 Å². The van der Waals surface area contributed by atoms with E-state index in [2.05, 4.69) is 23.7 Å². The predicted octanol–water partition coefficient (Wildman–Crippen LogP) is 4.81. The van der Waals surface area contributed by atoms with Crippen LogP contribution in [0.15, 0.2) is 54.2 Å². The van der Waals surface area contributed by atoms with Gasteiger partial charge in [-0.2, -0.15) is 0 Å². The van der Waals surface area contributed by atoms with E-state index in [1.54, 1.807) is 7.11 Å². The molecule has 0 spiro atoms. The fourth-order valence-corrected chi connectivity index (χ4v) is 3.64. The molecule has 4 heteroatoms. The molecule has 1 aliphatic heterocycles. The van der Waals surface area contributed by atoms with Crippen molar-refractivity contribution in [2.24, 2.45) is 0 Å². The Hall–Kier alpha value is -3.19. The van der Waals surface area contributed by atoms with Crippen LogP contribution in [0.3, 0.4) is 0 Å². The molecular weight excluding hydrogens is 362 g/mol. The summed E-state index contributed by atoms with van der Waals surface area (Å²) in [5.41, 5.74) is 4.28. The first-order chi connectivity index (χ1) is 14.1. The van der Waals surface area contributed by atoms with Crippen molar-refractivity contribution in [3.8, 4) is 17.6 Å². The molecule has 1 aliphatic rings. The molecule has 0 aromatic heterocycles. The molecule has 0 bridgehead atoms. The Kier molecular flexibility index (Phi) is 6.61. The van der Waals surface area contributed by atoms with Gasteiger partial charge in [-0.05, 0) is 54.8 Å². The maximum Gasteiger partial charge on any atom is 0.340 e. The monoisotopic (exact) mass is 389 g/mol. The summed E-state index contributed by atoms with van der Waals surface area (Å²) in [6, 6.07) is 15.6. The number of carbonyl (C=O) groups excluding carboxylic acids is 1. The molecule has 3 rings (SSSR count). The standard InChI is InChI=1S/C25H27NO3/c1-5-6-16-26-18(2)24(25(27)29-4)21-14-13-20(28-3)17-22(21)23(26)15-12-19-10-8-7-9-11-19/h7-11,13-14,17,23H,5-6,16H2,1-4H3. The summed E-state index contributed by atoms with van der Waals surface area (Å²) in [5, 5.41) is 0. The summed E-state index contributed by atoms with van der Waals surface area (Å²) in [4.78, 5) is 14.8. The van der Waals surface area contributed by atoms with Gasteiger partial charge in [0.25, 0.3) is 0 Å². The van der Waals surface area contributed by atoms with Crippen molar-refractivity contribution in [2.45, 2.75) is 32.7 Å². The van der Waals surface area contributed by atoms with E-state index in [0.29, 0.717) is 5.57 Å². The van der Waals surface area contributed by atoms with Crippen LogP contribution in [0.4, 0.5) is 0 Å². The minimum Gasteiger partial charge on any atom is -0.497 e. The Bertz CT molecular complexity index is 967. The largest absolute Gasteiger partial charge is 0.497 e. The van der Waals surface area contributed by atoms with E-state index in [9.17, 15) is 4.79 Å². The van der Waals surface area contributed by atoms with Gasteiger partial charge in [0.1, 0.15) is 11.8 Å². The molecule has 150 valence electrons. The van der Waals surface area contributed by atoms with E-state index in [4.69, 9.17) is 9.47 Å². The summed E-state index contributed by atoms with van der Waals surface area (Å²) in [6.07, 6.45) is 2.07. The summed E-state index contributed by atoms with van der Waals surface area (Å²) < 4.78 is 10.6. The van der Waals surface area contributed by atoms with Crippen LogP contribution < -0.4 is 4.74 Å². The molecular formula is C25H27NO3. The number of nitrogens with zero attached hydrogens (tertiary/aromatic N) is 1. The number of hydrogen-bond acceptors (Lipinski definition) is 4. The second-order valence-corrected chi connectivity index (χ2v) is 6.99. The fraction of sp³-hybridized carbons (Fsp3) is 0.320. The second-order valence-electron chi connectivity index (χ2n) is 6.99. The average molecular weight is 389 g/mol. The van der Waals surface area contributed by atoms with Crippen molar-refractivity contribution in [1.82, 2.24) is 4.90 Å². The van der Waals surface area contributed by atoms with Gasteiger partial charge in [0.15, 0.2) is 0 Å². The lowest BCUT2D eigenvalue weighted by molar-refractivity contribution is -0.133. The van der Waals surface area contributed by atoms with E-state index < -0.39 is 0 Å². The van der Waals surface area contributed by atoms with Crippen LogP contribution >= 0.6 is 0 Å². The van der Waals surface area contributed by atoms with E-state index in [-0.39, 0.29) is 12.0 Å². The lowest BCUT2D eigenvalue weighted by atomic mass is 9.87. The van der Waals surface area contributed by atoms with Gasteiger partial charge in [-0.3, -0.25) is 0 Å². The van der Waals surface area contributed by atoms with Gasteiger partial charge < -0.3 is 14.4 Å². The minimum absolute atomic E-state index is 0.166. The maximum atomic E-state index is 12.6. The zero-order valence-electron chi connectivity index (χ0n) is 17.5. The average Bonchev–Trinajstić information content (AvgIpc) is 2.76. The molecule has 0 N–H and O–H groups in total. The Labute approximate surface area is 173 Å². The third kappa shape index (κ3) is 4.30. The van der Waals surface area contributed by atoms with Crippen LogP contribution in [0.1, 0.15) is 49.4 Å². The van der Waals surface area contributed by atoms with Crippen LogP contribution in [-0.2, 0) is 9.53 Å². The van der Waals surface area contributed by atoms with E-state index >= 15 is 0 Å². The van der Waals surface area contributed by atoms with Crippen LogP contribution in [0, 0.1) is 11.8 Å². The number of methoxy groups -OCH3 is 2. The molecule has 0 amide bonds. The van der Waals surface area contributed by atoms with Gasteiger partial charge in [-0.15, -0.1) is 0 Å². The number of fused-ring (bicyclic) bond motifs is 1. The van der Waals surface area contributed by atoms with Crippen LogP contribution in [0.25, 0.3) is 5.57 Å². The van der Waals surface area contributed by atoms with Crippen molar-refractivity contribution in [3.05, 3.63) is 70.9 Å². The van der Waals surface area contributed by atoms with Crippen molar-refractivity contribution in [1.29, 1.82) is 0 Å². The minimum atomic E-state index is -0.329. The van der Waals surface area contributed by atoms with Gasteiger partial charge in [0.05, 0.1) is 19.8 Å². The predicted molar refractivity (Wildman–Crippen MR) is 115 cm³/mol. The lowest BCUT2D eigenvalue weighted by Crippen LogP contribution is -2.33. The molecule has 2 aromatic rings. The first-order valence-electron chi connectivity index (χ1n) is 9.91. The van der Waals surface area contributed by atoms with E-state index in [0.717, 1.165) is 47.5 Å². The van der Waals surface area contributed by atoms with Crippen LogP contribution in [-0.4, -0.2) is 31.6 Å². The normalized spacial score (nSPS) is 15.3. The van der Waals surface area contributed by atoms with Crippen LogP contribution in [0.2, 0.25) is 0 Å². The highest BCUT2D eigenvalue weighted by atomic mass is 16.5. The smallest absolute Gasteiger partial charge is 0.340 e. The first kappa shape index (κ1) is 20.5. The molecule has 0 saturated carbocycles. The number of esters is 1. The van der Waals surface area contributed by atoms with Gasteiger partial charge in [0.2, 0.25) is 0 Å². The quantitative estimate of drug-likeness (QED) is 0.543. The highest BCUT2D eigenvalue weighted by Gasteiger charge is 2.33. The molecule has 1 atom stereocenters. The summed E-state index contributed by atoms with van der Waals surface area (Å²) >= 11 is 0. The van der Waals surface area contributed by atoms with Crippen molar-refractivity contribution in [3.63, 3.8) is 0 Å². The van der Waals surface area contributed by atoms with Crippen molar-refractivity contribution in [2.75, 3.05) is 20.8 Å². The fourth-order valence-electron chi connectivity index (χ4n) is 3.64. The Balaban J connectivity index is 2.18. The Morgan fingerprint density at radius 2 is 1.90 bits per heavy atom. The van der Waals surface area contributed by atoms with E-state index in [1.165, 1.54) is 7.11 Å². The number of ether oxygens (including phenoxy) is 2. The number of carbonyl (C=O) groups is 1. The topological polar surface area (TPSA) is 38.8 Å². The van der Waals surface area contributed by atoms with Crippen LogP contribution in [0.5, 0.6) is 5.75 Å².